The molecule has 0 aliphatic carbocycles. The van der Waals surface area contributed by atoms with Crippen LogP contribution in [-0.4, -0.2) is 53.1 Å². The van der Waals surface area contributed by atoms with Gasteiger partial charge in [-0.2, -0.15) is 0 Å². The average molecular weight is 283 g/mol. The van der Waals surface area contributed by atoms with Gasteiger partial charge in [-0.15, -0.1) is 6.82 Å². The fourth-order valence-corrected chi connectivity index (χ4v) is 2.57. The molecule has 5 rings (SSSR count). The van der Waals surface area contributed by atoms with Crippen LogP contribution in [0.4, 0.5) is 0 Å². The third-order valence-corrected chi connectivity index (χ3v) is 4.09. The SMILES string of the molecule is C[B-]12OCC(CO1)CO2.C[B-]12OCC[NH+]1CO2.[K+]. The number of rotatable bonds is 0. The summed E-state index contributed by atoms with van der Waals surface area (Å²) in [6.45, 7) is 7.09. The summed E-state index contributed by atoms with van der Waals surface area (Å²) in [6.07, 6.45) is 0. The molecule has 2 atom stereocenters. The number of nitrogens with one attached hydrogen (secondary N) is 1. The zero-order valence-electron chi connectivity index (χ0n) is 11.5. The second-order valence-electron chi connectivity index (χ2n) is 5.54. The molecule has 2 bridgehead atoms. The Labute approximate surface area is 150 Å². The van der Waals surface area contributed by atoms with Gasteiger partial charge < -0.3 is 28.1 Å². The summed E-state index contributed by atoms with van der Waals surface area (Å²) >= 11 is 0. The Morgan fingerprint density at radius 3 is 1.78 bits per heavy atom. The molecule has 0 radical (unpaired) electrons. The van der Waals surface area contributed by atoms with Crippen molar-refractivity contribution in [1.82, 2.24) is 0 Å². The van der Waals surface area contributed by atoms with Crippen LogP contribution in [0.3, 0.4) is 0 Å². The van der Waals surface area contributed by atoms with Gasteiger partial charge in [0, 0.05) is 25.7 Å². The summed E-state index contributed by atoms with van der Waals surface area (Å²) in [4.78, 5) is 1.49. The molecule has 0 spiro atoms. The summed E-state index contributed by atoms with van der Waals surface area (Å²) < 4.78 is 26.4. The molecule has 5 saturated heterocycles. The Kier molecular flexibility index (Phi) is 5.40. The fraction of sp³-hybridized carbons (Fsp3) is 1.00. The largest absolute Gasteiger partial charge is 1.00 e. The van der Waals surface area contributed by atoms with Gasteiger partial charge in [0.2, 0.25) is 0 Å². The van der Waals surface area contributed by atoms with Crippen LogP contribution in [0.15, 0.2) is 0 Å². The van der Waals surface area contributed by atoms with E-state index in [9.17, 15) is 0 Å². The van der Waals surface area contributed by atoms with E-state index in [1.165, 1.54) is 4.81 Å². The van der Waals surface area contributed by atoms with Gasteiger partial charge in [0.25, 0.3) is 0 Å². The summed E-state index contributed by atoms with van der Waals surface area (Å²) in [5, 5.41) is 0. The first-order valence-corrected chi connectivity index (χ1v) is 6.50. The smallest absolute Gasteiger partial charge is 0.544 e. The van der Waals surface area contributed by atoms with E-state index in [1.807, 2.05) is 13.6 Å². The molecule has 98 valence electrons. The van der Waals surface area contributed by atoms with E-state index < -0.39 is 13.4 Å². The van der Waals surface area contributed by atoms with Gasteiger partial charge >= 0.3 is 64.8 Å². The van der Waals surface area contributed by atoms with E-state index in [0.29, 0.717) is 5.92 Å². The topological polar surface area (TPSA) is 50.6 Å². The predicted molar refractivity (Wildman–Crippen MR) is 62.3 cm³/mol. The van der Waals surface area contributed by atoms with Gasteiger partial charge in [0.15, 0.2) is 0 Å². The van der Waals surface area contributed by atoms with Crippen molar-refractivity contribution in [2.75, 3.05) is 39.7 Å². The van der Waals surface area contributed by atoms with Crippen molar-refractivity contribution in [2.45, 2.75) is 13.6 Å². The van der Waals surface area contributed by atoms with Gasteiger partial charge in [0.05, 0.1) is 13.2 Å². The zero-order chi connectivity index (χ0) is 11.9. The molecule has 6 nitrogen and oxygen atoms in total. The van der Waals surface area contributed by atoms with Gasteiger partial charge in [-0.1, -0.05) is 6.82 Å². The standard InChI is InChI=1S/C5H10BO3.C4H10BNO2.K/c1-6-7-2-5(3-8-6)4-9-6;1-5-6(4-8-5)2-3-7-5;/h5H,2-4H2,1H3;6H,2-4H2,1H3;/q-1;;+1. The third kappa shape index (κ3) is 3.22. The van der Waals surface area contributed by atoms with Gasteiger partial charge in [-0.3, -0.25) is 0 Å². The molecule has 0 amide bonds. The molecule has 0 aromatic rings. The molecule has 18 heavy (non-hydrogen) atoms. The molecular weight excluding hydrogens is 263 g/mol. The number of hydrogen-bond donors (Lipinski definition) is 1. The Hall–Kier alpha value is 1.53. The third-order valence-electron chi connectivity index (χ3n) is 4.09. The van der Waals surface area contributed by atoms with Crippen molar-refractivity contribution in [2.24, 2.45) is 5.92 Å². The van der Waals surface area contributed by atoms with Crippen LogP contribution in [0.5, 0.6) is 0 Å². The maximum Gasteiger partial charge on any atom is 1.00 e. The van der Waals surface area contributed by atoms with Crippen LogP contribution in [0.2, 0.25) is 13.6 Å². The fourth-order valence-electron chi connectivity index (χ4n) is 2.57. The van der Waals surface area contributed by atoms with Crippen LogP contribution >= 0.6 is 0 Å². The second-order valence-corrected chi connectivity index (χ2v) is 5.54. The van der Waals surface area contributed by atoms with Gasteiger partial charge in [0.1, 0.15) is 6.73 Å². The van der Waals surface area contributed by atoms with E-state index >= 15 is 0 Å². The number of quaternary nitrogens is 1. The Morgan fingerprint density at radius 1 is 0.944 bits per heavy atom. The molecule has 5 aliphatic heterocycles. The van der Waals surface area contributed by atoms with Crippen LogP contribution in [-0.2, 0) is 23.3 Å². The Morgan fingerprint density at radius 2 is 1.56 bits per heavy atom. The van der Waals surface area contributed by atoms with Crippen LogP contribution in [0, 0.1) is 5.92 Å². The molecule has 0 saturated carbocycles. The zero-order valence-corrected chi connectivity index (χ0v) is 14.6. The minimum atomic E-state index is -1.31. The van der Waals surface area contributed by atoms with Crippen molar-refractivity contribution >= 4 is 13.4 Å². The van der Waals surface area contributed by atoms with E-state index in [2.05, 4.69) is 0 Å². The Balaban J connectivity index is 0.000000127. The van der Waals surface area contributed by atoms with Gasteiger partial charge in [-0.05, 0) is 0 Å². The quantitative estimate of drug-likeness (QED) is 0.456. The summed E-state index contributed by atoms with van der Waals surface area (Å²) in [5.41, 5.74) is 0. The predicted octanol–water partition coefficient (Wildman–Crippen LogP) is -4.29. The summed E-state index contributed by atoms with van der Waals surface area (Å²) in [6, 6.07) is 0. The number of hydrogen-bond acceptors (Lipinski definition) is 5. The monoisotopic (exact) mass is 283 g/mol. The minimum absolute atomic E-state index is 0. The van der Waals surface area contributed by atoms with Crippen molar-refractivity contribution in [3.8, 4) is 0 Å². The minimum Gasteiger partial charge on any atom is -0.544 e. The maximum atomic E-state index is 5.34. The first-order valence-electron chi connectivity index (χ1n) is 6.50. The summed E-state index contributed by atoms with van der Waals surface area (Å²) in [7, 11) is 0. The molecule has 0 aromatic carbocycles. The van der Waals surface area contributed by atoms with Crippen LogP contribution in [0.25, 0.3) is 0 Å². The van der Waals surface area contributed by atoms with Crippen molar-refractivity contribution in [3.05, 3.63) is 0 Å². The van der Waals surface area contributed by atoms with Gasteiger partial charge in [-0.25, -0.2) is 0 Å². The van der Waals surface area contributed by atoms with Crippen molar-refractivity contribution < 1.29 is 79.5 Å². The summed E-state index contributed by atoms with van der Waals surface area (Å²) in [5.74, 6) is 0.480. The van der Waals surface area contributed by atoms with Crippen LogP contribution in [0.1, 0.15) is 0 Å². The molecule has 9 heteroatoms. The Bertz CT molecular complexity index is 291. The van der Waals surface area contributed by atoms with E-state index in [1.54, 1.807) is 0 Å². The average Bonchev–Trinajstić information content (AvgIpc) is 2.58. The first kappa shape index (κ1) is 15.9. The molecule has 2 unspecified atom stereocenters. The van der Waals surface area contributed by atoms with Crippen molar-refractivity contribution in [3.63, 3.8) is 0 Å². The number of fused-ring (bicyclic) bond motifs is 4. The molecule has 5 heterocycles. The molecule has 1 N–H and O–H groups in total. The molecule has 0 aromatic heterocycles. The van der Waals surface area contributed by atoms with Crippen molar-refractivity contribution in [1.29, 1.82) is 0 Å². The molecule has 5 fully saturated rings. The maximum absolute atomic E-state index is 5.34. The molecule has 5 aliphatic rings. The second kappa shape index (κ2) is 6.11. The first-order chi connectivity index (χ1) is 8.10. The van der Waals surface area contributed by atoms with E-state index in [0.717, 1.165) is 39.7 Å². The molecular formula is C9H20B2KNO5. The normalized spacial score (nSPS) is 48.3. The van der Waals surface area contributed by atoms with E-state index in [4.69, 9.17) is 23.3 Å². The van der Waals surface area contributed by atoms with Crippen LogP contribution < -0.4 is 56.2 Å². The van der Waals surface area contributed by atoms with E-state index in [-0.39, 0.29) is 51.4 Å².